The average Bonchev–Trinajstić information content (AvgIpc) is 2.96. The van der Waals surface area contributed by atoms with Crippen molar-refractivity contribution in [2.45, 2.75) is 32.0 Å². The molecule has 2 aromatic rings. The third-order valence-electron chi connectivity index (χ3n) is 3.88. The van der Waals surface area contributed by atoms with E-state index < -0.39 is 11.9 Å². The van der Waals surface area contributed by atoms with Crippen LogP contribution in [-0.4, -0.2) is 33.0 Å². The molecule has 25 heavy (non-hydrogen) atoms. The number of nitrogens with two attached hydrogens (primary N) is 1. The van der Waals surface area contributed by atoms with Crippen LogP contribution in [0.1, 0.15) is 32.4 Å². The fourth-order valence-electron chi connectivity index (χ4n) is 2.86. The first-order chi connectivity index (χ1) is 12.0. The lowest BCUT2D eigenvalue weighted by molar-refractivity contribution is -0.115. The molecule has 1 unspecified atom stereocenters. The molecule has 0 fully saturated rings. The number of hydrogen-bond acceptors (Lipinski definition) is 6. The maximum atomic E-state index is 12.1. The van der Waals surface area contributed by atoms with Gasteiger partial charge in [0.25, 0.3) is 0 Å². The predicted octanol–water partition coefficient (Wildman–Crippen LogP) is 2.56. The molecule has 1 aliphatic heterocycles. The number of aromatic nitrogens is 3. The van der Waals surface area contributed by atoms with Crippen molar-refractivity contribution in [1.29, 1.82) is 0 Å². The minimum absolute atomic E-state index is 0.414. The van der Waals surface area contributed by atoms with Crippen LogP contribution in [0.4, 0.5) is 5.95 Å². The highest BCUT2D eigenvalue weighted by Gasteiger charge is 2.33. The van der Waals surface area contributed by atoms with Gasteiger partial charge in [-0.15, -0.1) is 5.10 Å². The molecule has 1 aromatic carbocycles. The molecule has 0 aliphatic carbocycles. The van der Waals surface area contributed by atoms with Gasteiger partial charge in [-0.1, -0.05) is 30.8 Å². The SMILES string of the molecule is CCOc1ccc(C2C(C(N)=O)=C(C)Nc3nc(SCC)nn32)cc1. The molecule has 0 spiro atoms. The molecular formula is C17H21N5O2S. The molecule has 8 heteroatoms. The molecule has 0 saturated heterocycles. The minimum Gasteiger partial charge on any atom is -0.494 e. The van der Waals surface area contributed by atoms with Crippen molar-refractivity contribution < 1.29 is 9.53 Å². The maximum absolute atomic E-state index is 12.1. The van der Waals surface area contributed by atoms with Crippen LogP contribution in [0.5, 0.6) is 5.75 Å². The third kappa shape index (κ3) is 3.34. The topological polar surface area (TPSA) is 95.1 Å². The summed E-state index contributed by atoms with van der Waals surface area (Å²) >= 11 is 1.55. The van der Waals surface area contributed by atoms with Gasteiger partial charge in [-0.2, -0.15) is 4.98 Å². The van der Waals surface area contributed by atoms with E-state index in [4.69, 9.17) is 10.5 Å². The van der Waals surface area contributed by atoms with E-state index in [2.05, 4.69) is 15.4 Å². The quantitative estimate of drug-likeness (QED) is 0.770. The summed E-state index contributed by atoms with van der Waals surface area (Å²) in [5.74, 6) is 1.78. The predicted molar refractivity (Wildman–Crippen MR) is 97.7 cm³/mol. The summed E-state index contributed by atoms with van der Waals surface area (Å²) < 4.78 is 7.22. The van der Waals surface area contributed by atoms with E-state index in [0.29, 0.717) is 29.0 Å². The Balaban J connectivity index is 2.08. The van der Waals surface area contributed by atoms with Crippen LogP contribution in [0.15, 0.2) is 40.7 Å². The zero-order chi connectivity index (χ0) is 18.0. The number of ether oxygens (including phenoxy) is 1. The maximum Gasteiger partial charge on any atom is 0.248 e. The number of rotatable bonds is 6. The Hall–Kier alpha value is -2.48. The van der Waals surface area contributed by atoms with Crippen molar-refractivity contribution in [1.82, 2.24) is 14.8 Å². The third-order valence-corrected chi connectivity index (χ3v) is 4.60. The second-order valence-electron chi connectivity index (χ2n) is 5.53. The molecular weight excluding hydrogens is 338 g/mol. The molecule has 0 radical (unpaired) electrons. The van der Waals surface area contributed by atoms with Crippen LogP contribution in [0.2, 0.25) is 0 Å². The van der Waals surface area contributed by atoms with E-state index in [9.17, 15) is 4.79 Å². The van der Waals surface area contributed by atoms with E-state index >= 15 is 0 Å². The first kappa shape index (κ1) is 17.3. The van der Waals surface area contributed by atoms with Gasteiger partial charge in [-0.25, -0.2) is 4.68 Å². The van der Waals surface area contributed by atoms with Crippen LogP contribution in [0.3, 0.4) is 0 Å². The second kappa shape index (κ2) is 7.18. The molecule has 7 nitrogen and oxygen atoms in total. The average molecular weight is 359 g/mol. The number of primary amides is 1. The Morgan fingerprint density at radius 1 is 1.36 bits per heavy atom. The normalized spacial score (nSPS) is 16.4. The van der Waals surface area contributed by atoms with Gasteiger partial charge in [0.1, 0.15) is 11.8 Å². The summed E-state index contributed by atoms with van der Waals surface area (Å²) in [5, 5.41) is 8.35. The molecule has 1 aromatic heterocycles. The van der Waals surface area contributed by atoms with Crippen LogP contribution < -0.4 is 15.8 Å². The standard InChI is InChI=1S/C17H21N5O2S/c1-4-24-12-8-6-11(7-9-12)14-13(15(18)23)10(3)19-16-20-17(25-5-2)21-22(14)16/h6-9,14H,4-5H2,1-3H3,(H2,18,23)(H,19,20,21). The molecule has 3 N–H and O–H groups in total. The molecule has 3 rings (SSSR count). The van der Waals surface area contributed by atoms with Crippen molar-refractivity contribution in [3.8, 4) is 5.75 Å². The highest BCUT2D eigenvalue weighted by molar-refractivity contribution is 7.99. The lowest BCUT2D eigenvalue weighted by atomic mass is 9.95. The molecule has 1 atom stereocenters. The van der Waals surface area contributed by atoms with Gasteiger partial charge in [-0.05, 0) is 37.3 Å². The Kier molecular flexibility index (Phi) is 4.98. The van der Waals surface area contributed by atoms with Crippen LogP contribution in [-0.2, 0) is 4.79 Å². The monoisotopic (exact) mass is 359 g/mol. The van der Waals surface area contributed by atoms with Gasteiger partial charge in [0, 0.05) is 5.70 Å². The molecule has 132 valence electrons. The molecule has 2 heterocycles. The number of anilines is 1. The first-order valence-corrected chi connectivity index (χ1v) is 9.13. The smallest absolute Gasteiger partial charge is 0.248 e. The van der Waals surface area contributed by atoms with Gasteiger partial charge in [0.15, 0.2) is 0 Å². The van der Waals surface area contributed by atoms with E-state index in [1.165, 1.54) is 0 Å². The van der Waals surface area contributed by atoms with E-state index in [1.807, 2.05) is 45.0 Å². The zero-order valence-electron chi connectivity index (χ0n) is 14.4. The van der Waals surface area contributed by atoms with E-state index in [1.54, 1.807) is 16.4 Å². The van der Waals surface area contributed by atoms with Crippen LogP contribution >= 0.6 is 11.8 Å². The summed E-state index contributed by atoms with van der Waals surface area (Å²) in [7, 11) is 0. The zero-order valence-corrected chi connectivity index (χ0v) is 15.3. The Bertz CT molecular complexity index is 813. The van der Waals surface area contributed by atoms with Crippen molar-refractivity contribution in [2.75, 3.05) is 17.7 Å². The van der Waals surface area contributed by atoms with Gasteiger partial charge in [-0.3, -0.25) is 4.79 Å². The van der Waals surface area contributed by atoms with Crippen molar-refractivity contribution in [2.24, 2.45) is 5.73 Å². The first-order valence-electron chi connectivity index (χ1n) is 8.14. The van der Waals surface area contributed by atoms with E-state index in [0.717, 1.165) is 17.1 Å². The number of nitrogens with zero attached hydrogens (tertiary/aromatic N) is 3. The second-order valence-corrected chi connectivity index (χ2v) is 6.76. The highest BCUT2D eigenvalue weighted by Crippen LogP contribution is 2.36. The molecule has 0 bridgehead atoms. The summed E-state index contributed by atoms with van der Waals surface area (Å²) in [4.78, 5) is 16.6. The number of carbonyl (C=O) groups is 1. The number of benzene rings is 1. The molecule has 0 saturated carbocycles. The lowest BCUT2D eigenvalue weighted by Gasteiger charge is -2.27. The number of nitrogens with one attached hydrogen (secondary N) is 1. The van der Waals surface area contributed by atoms with Crippen molar-refractivity contribution >= 4 is 23.6 Å². The molecule has 1 aliphatic rings. The number of amides is 1. The van der Waals surface area contributed by atoms with Crippen molar-refractivity contribution in [3.63, 3.8) is 0 Å². The molecule has 1 amide bonds. The summed E-state index contributed by atoms with van der Waals surface area (Å²) in [5.41, 5.74) is 7.73. The van der Waals surface area contributed by atoms with Gasteiger partial charge in [0.05, 0.1) is 12.2 Å². The Labute approximate surface area is 150 Å². The van der Waals surface area contributed by atoms with Gasteiger partial charge in [0.2, 0.25) is 17.0 Å². The number of carbonyl (C=O) groups excluding carboxylic acids is 1. The summed E-state index contributed by atoms with van der Waals surface area (Å²) in [6.07, 6.45) is 0. The van der Waals surface area contributed by atoms with Gasteiger partial charge >= 0.3 is 0 Å². The Morgan fingerprint density at radius 3 is 2.68 bits per heavy atom. The fourth-order valence-corrected chi connectivity index (χ4v) is 3.42. The largest absolute Gasteiger partial charge is 0.494 e. The minimum atomic E-state index is -0.477. The number of fused-ring (bicyclic) bond motifs is 1. The van der Waals surface area contributed by atoms with E-state index in [-0.39, 0.29) is 0 Å². The van der Waals surface area contributed by atoms with Crippen LogP contribution in [0, 0.1) is 0 Å². The van der Waals surface area contributed by atoms with Crippen molar-refractivity contribution in [3.05, 3.63) is 41.1 Å². The van der Waals surface area contributed by atoms with Crippen LogP contribution in [0.25, 0.3) is 0 Å². The highest BCUT2D eigenvalue weighted by atomic mass is 32.2. The number of allylic oxidation sites excluding steroid dienone is 1. The number of hydrogen-bond donors (Lipinski definition) is 2. The Morgan fingerprint density at radius 2 is 2.08 bits per heavy atom. The fraction of sp³-hybridized carbons (Fsp3) is 0.353. The summed E-state index contributed by atoms with van der Waals surface area (Å²) in [6.45, 7) is 6.41. The summed E-state index contributed by atoms with van der Waals surface area (Å²) in [6, 6.07) is 7.20. The lowest BCUT2D eigenvalue weighted by Crippen LogP contribution is -2.31. The number of thioether (sulfide) groups is 1. The van der Waals surface area contributed by atoms with Gasteiger partial charge < -0.3 is 15.8 Å².